The molecule has 0 saturated carbocycles. The van der Waals surface area contributed by atoms with E-state index in [9.17, 15) is 9.59 Å². The molecule has 1 aliphatic heterocycles. The molecule has 0 aliphatic carbocycles. The molecule has 2 atom stereocenters. The van der Waals surface area contributed by atoms with Crippen molar-refractivity contribution in [3.8, 4) is 0 Å². The summed E-state index contributed by atoms with van der Waals surface area (Å²) in [7, 11) is 0. The van der Waals surface area contributed by atoms with Crippen LogP contribution in [0, 0.1) is 5.92 Å². The van der Waals surface area contributed by atoms with Crippen molar-refractivity contribution in [3.63, 3.8) is 0 Å². The maximum Gasteiger partial charge on any atom is 0.311 e. The molecular formula is C9H10N2O4S. The number of thiazole rings is 1. The first-order valence-electron chi connectivity index (χ1n) is 4.68. The second kappa shape index (κ2) is 4.58. The second-order valence-electron chi connectivity index (χ2n) is 3.43. The van der Waals surface area contributed by atoms with Crippen LogP contribution in [0.2, 0.25) is 0 Å². The quantitative estimate of drug-likeness (QED) is 0.777. The molecule has 86 valence electrons. The summed E-state index contributed by atoms with van der Waals surface area (Å²) in [6.45, 7) is 0.379. The molecule has 0 aromatic carbocycles. The van der Waals surface area contributed by atoms with Gasteiger partial charge in [0.05, 0.1) is 31.0 Å². The van der Waals surface area contributed by atoms with Gasteiger partial charge in [0.15, 0.2) is 0 Å². The van der Waals surface area contributed by atoms with Crippen molar-refractivity contribution in [2.75, 3.05) is 13.2 Å². The number of amides is 1. The summed E-state index contributed by atoms with van der Waals surface area (Å²) < 4.78 is 5.04. The number of carboxylic acid groups (broad SMARTS) is 1. The molecule has 1 saturated heterocycles. The number of nitrogens with one attached hydrogen (secondary N) is 1. The molecule has 2 N–H and O–H groups in total. The van der Waals surface area contributed by atoms with Crippen molar-refractivity contribution in [3.05, 3.63) is 16.6 Å². The molecule has 2 heterocycles. The molecule has 1 aromatic heterocycles. The fraction of sp³-hybridized carbons (Fsp3) is 0.444. The normalized spacial score (nSPS) is 24.2. The number of ether oxygens (including phenoxy) is 1. The van der Waals surface area contributed by atoms with Crippen molar-refractivity contribution in [2.45, 2.75) is 6.04 Å². The highest BCUT2D eigenvalue weighted by molar-refractivity contribution is 7.11. The van der Waals surface area contributed by atoms with E-state index in [4.69, 9.17) is 9.84 Å². The van der Waals surface area contributed by atoms with Crippen LogP contribution in [0.3, 0.4) is 0 Å². The summed E-state index contributed by atoms with van der Waals surface area (Å²) in [5.74, 6) is -1.92. The van der Waals surface area contributed by atoms with Gasteiger partial charge in [0.25, 0.3) is 5.91 Å². The van der Waals surface area contributed by atoms with Crippen molar-refractivity contribution in [1.82, 2.24) is 10.3 Å². The van der Waals surface area contributed by atoms with Crippen LogP contribution in [-0.2, 0) is 9.53 Å². The van der Waals surface area contributed by atoms with Crippen LogP contribution < -0.4 is 5.32 Å². The minimum atomic E-state index is -0.952. The molecule has 2 rings (SSSR count). The lowest BCUT2D eigenvalue weighted by atomic mass is 10.0. The number of rotatable bonds is 3. The molecule has 0 bridgehead atoms. The largest absolute Gasteiger partial charge is 0.481 e. The summed E-state index contributed by atoms with van der Waals surface area (Å²) in [6, 6.07) is -0.466. The van der Waals surface area contributed by atoms with Gasteiger partial charge in [-0.25, -0.2) is 0 Å². The van der Waals surface area contributed by atoms with Gasteiger partial charge in [-0.1, -0.05) is 0 Å². The Bertz CT molecular complexity index is 392. The van der Waals surface area contributed by atoms with Gasteiger partial charge in [0.1, 0.15) is 10.8 Å². The van der Waals surface area contributed by atoms with Gasteiger partial charge >= 0.3 is 5.97 Å². The Kier molecular flexibility index (Phi) is 3.16. The lowest BCUT2D eigenvalue weighted by molar-refractivity contribution is -0.142. The fourth-order valence-corrected chi connectivity index (χ4v) is 2.03. The first-order valence-corrected chi connectivity index (χ1v) is 5.56. The standard InChI is InChI=1S/C9H10N2O4S/c12-8(7-1-10-4-16-7)11-6-3-15-2-5(6)9(13)14/h1,4-6H,2-3H2,(H,11,12)(H,13,14). The monoisotopic (exact) mass is 242 g/mol. The zero-order valence-electron chi connectivity index (χ0n) is 8.25. The van der Waals surface area contributed by atoms with E-state index in [1.807, 2.05) is 0 Å². The van der Waals surface area contributed by atoms with E-state index in [-0.39, 0.29) is 19.1 Å². The first-order chi connectivity index (χ1) is 7.68. The summed E-state index contributed by atoms with van der Waals surface area (Å²) in [6.07, 6.45) is 1.45. The maximum atomic E-state index is 11.6. The zero-order chi connectivity index (χ0) is 11.5. The van der Waals surface area contributed by atoms with Gasteiger partial charge < -0.3 is 15.2 Å². The van der Waals surface area contributed by atoms with Crippen LogP contribution in [0.4, 0.5) is 0 Å². The number of carbonyl (C=O) groups excluding carboxylic acids is 1. The SMILES string of the molecule is O=C(NC1COCC1C(=O)O)c1cncs1. The highest BCUT2D eigenvalue weighted by Crippen LogP contribution is 2.15. The van der Waals surface area contributed by atoms with E-state index in [1.54, 1.807) is 5.51 Å². The van der Waals surface area contributed by atoms with E-state index in [1.165, 1.54) is 17.5 Å². The molecule has 2 unspecified atom stereocenters. The third kappa shape index (κ3) is 2.20. The molecule has 7 heteroatoms. The van der Waals surface area contributed by atoms with E-state index in [0.717, 1.165) is 0 Å². The van der Waals surface area contributed by atoms with Crippen LogP contribution in [0.5, 0.6) is 0 Å². The molecule has 0 radical (unpaired) electrons. The fourth-order valence-electron chi connectivity index (χ4n) is 1.51. The van der Waals surface area contributed by atoms with Crippen molar-refractivity contribution in [1.29, 1.82) is 0 Å². The molecule has 6 nitrogen and oxygen atoms in total. The second-order valence-corrected chi connectivity index (χ2v) is 4.31. The van der Waals surface area contributed by atoms with Gasteiger partial charge in [-0.2, -0.15) is 0 Å². The molecule has 1 amide bonds. The summed E-state index contributed by atoms with van der Waals surface area (Å²) in [5.41, 5.74) is 1.55. The van der Waals surface area contributed by atoms with Gasteiger partial charge in [-0.3, -0.25) is 14.6 Å². The minimum absolute atomic E-state index is 0.142. The molecular weight excluding hydrogens is 232 g/mol. The summed E-state index contributed by atoms with van der Waals surface area (Å²) in [4.78, 5) is 26.7. The Morgan fingerprint density at radius 2 is 2.38 bits per heavy atom. The minimum Gasteiger partial charge on any atom is -0.481 e. The van der Waals surface area contributed by atoms with Crippen molar-refractivity contribution >= 4 is 23.2 Å². The van der Waals surface area contributed by atoms with Crippen molar-refractivity contribution < 1.29 is 19.4 Å². The van der Waals surface area contributed by atoms with E-state index < -0.39 is 17.9 Å². The summed E-state index contributed by atoms with van der Waals surface area (Å²) >= 11 is 1.21. The van der Waals surface area contributed by atoms with Gasteiger partial charge in [-0.05, 0) is 0 Å². The van der Waals surface area contributed by atoms with Crippen LogP contribution >= 0.6 is 11.3 Å². The van der Waals surface area contributed by atoms with Crippen molar-refractivity contribution in [2.24, 2.45) is 5.92 Å². The van der Waals surface area contributed by atoms with E-state index in [0.29, 0.717) is 4.88 Å². The van der Waals surface area contributed by atoms with Crippen LogP contribution in [0.1, 0.15) is 9.67 Å². The number of hydrogen-bond donors (Lipinski definition) is 2. The Labute approximate surface area is 95.3 Å². The average Bonchev–Trinajstić information content (AvgIpc) is 2.86. The molecule has 1 aliphatic rings. The van der Waals surface area contributed by atoms with Gasteiger partial charge in [-0.15, -0.1) is 11.3 Å². The lowest BCUT2D eigenvalue weighted by Crippen LogP contribution is -2.42. The van der Waals surface area contributed by atoms with E-state index in [2.05, 4.69) is 10.3 Å². The number of aliphatic carboxylic acids is 1. The van der Waals surface area contributed by atoms with Gasteiger partial charge in [0.2, 0.25) is 0 Å². The lowest BCUT2D eigenvalue weighted by Gasteiger charge is -2.14. The Morgan fingerprint density at radius 1 is 1.56 bits per heavy atom. The smallest absolute Gasteiger partial charge is 0.311 e. The van der Waals surface area contributed by atoms with Crippen LogP contribution in [0.15, 0.2) is 11.7 Å². The topological polar surface area (TPSA) is 88.5 Å². The predicted molar refractivity (Wildman–Crippen MR) is 55.3 cm³/mol. The third-order valence-corrected chi connectivity index (χ3v) is 3.14. The predicted octanol–water partition coefficient (Wildman–Crippen LogP) is -0.0275. The zero-order valence-corrected chi connectivity index (χ0v) is 9.07. The number of hydrogen-bond acceptors (Lipinski definition) is 5. The molecule has 1 fully saturated rings. The number of nitrogens with zero attached hydrogens (tertiary/aromatic N) is 1. The highest BCUT2D eigenvalue weighted by Gasteiger charge is 2.35. The number of aromatic nitrogens is 1. The Balaban J connectivity index is 1.99. The third-order valence-electron chi connectivity index (χ3n) is 2.37. The number of carboxylic acids is 1. The van der Waals surface area contributed by atoms with Gasteiger partial charge in [0, 0.05) is 0 Å². The molecule has 16 heavy (non-hydrogen) atoms. The average molecular weight is 242 g/mol. The van der Waals surface area contributed by atoms with Crippen LogP contribution in [-0.4, -0.2) is 41.2 Å². The maximum absolute atomic E-state index is 11.6. The molecule has 1 aromatic rings. The Morgan fingerprint density at radius 3 is 3.00 bits per heavy atom. The number of carbonyl (C=O) groups is 2. The highest BCUT2D eigenvalue weighted by atomic mass is 32.1. The Hall–Kier alpha value is -1.47. The first kappa shape index (κ1) is 11.0. The van der Waals surface area contributed by atoms with E-state index >= 15 is 0 Å². The molecule has 0 spiro atoms. The van der Waals surface area contributed by atoms with Crippen LogP contribution in [0.25, 0.3) is 0 Å². The summed E-state index contributed by atoms with van der Waals surface area (Å²) in [5, 5.41) is 11.5.